The maximum atomic E-state index is 6.54. The normalized spacial score (nSPS) is 17.9. The molecule has 0 atom stereocenters. The molecule has 3 nitrogen and oxygen atoms in total. The monoisotopic (exact) mass is 412 g/mol. The van der Waals surface area contributed by atoms with E-state index in [0.29, 0.717) is 0 Å². The summed E-state index contributed by atoms with van der Waals surface area (Å²) in [7, 11) is 1.19. The van der Waals surface area contributed by atoms with Crippen LogP contribution in [0.25, 0.3) is 11.0 Å². The quantitative estimate of drug-likeness (QED) is 0.364. The average Bonchev–Trinajstić information content (AvgIpc) is 2.99. The van der Waals surface area contributed by atoms with E-state index in [1.807, 2.05) is 24.3 Å². The summed E-state index contributed by atoms with van der Waals surface area (Å²) < 4.78 is 18.5. The van der Waals surface area contributed by atoms with E-state index >= 15 is 0 Å². The van der Waals surface area contributed by atoms with Gasteiger partial charge in [0, 0.05) is 0 Å². The Morgan fingerprint density at radius 3 is 1.58 bits per heavy atom. The zero-order valence-corrected chi connectivity index (χ0v) is 18.9. The van der Waals surface area contributed by atoms with E-state index in [-0.39, 0.29) is 0 Å². The van der Waals surface area contributed by atoms with Crippen LogP contribution < -0.4 is 4.74 Å². The molecule has 1 aliphatic heterocycles. The molecule has 0 radical (unpaired) electrons. The van der Waals surface area contributed by atoms with Gasteiger partial charge in [-0.2, -0.15) is 0 Å². The number of hydrogen-bond acceptors (Lipinski definition) is 3. The smallest absolute Gasteiger partial charge is 0.496 e. The fraction of sp³-hybridized carbons (Fsp3) is 0.259. The van der Waals surface area contributed by atoms with Crippen LogP contribution in [0.5, 0.6) is 5.75 Å². The Morgan fingerprint density at radius 1 is 0.645 bits per heavy atom. The summed E-state index contributed by atoms with van der Waals surface area (Å²) in [6.07, 6.45) is 0. The van der Waals surface area contributed by atoms with Gasteiger partial charge in [-0.3, -0.25) is 0 Å². The van der Waals surface area contributed by atoms with Crippen molar-refractivity contribution in [3.8, 4) is 5.75 Å². The minimum absolute atomic E-state index is 0.431. The van der Waals surface area contributed by atoms with Crippen LogP contribution in [0.3, 0.4) is 0 Å². The van der Waals surface area contributed by atoms with Gasteiger partial charge in [0.2, 0.25) is 0 Å². The number of ether oxygens (including phenoxy) is 1. The first kappa shape index (κ1) is 21.4. The van der Waals surface area contributed by atoms with Gasteiger partial charge in [0.1, 0.15) is 5.75 Å². The second kappa shape index (κ2) is 8.37. The zero-order chi connectivity index (χ0) is 22.1. The van der Waals surface area contributed by atoms with Crippen molar-refractivity contribution in [2.45, 2.75) is 38.9 Å². The first-order chi connectivity index (χ1) is 14.8. The van der Waals surface area contributed by atoms with Gasteiger partial charge in [0.15, 0.2) is 0 Å². The van der Waals surface area contributed by atoms with E-state index in [1.54, 1.807) is 7.11 Å². The minimum atomic E-state index is -0.496. The molecule has 158 valence electrons. The van der Waals surface area contributed by atoms with Crippen molar-refractivity contribution in [1.82, 2.24) is 0 Å². The van der Waals surface area contributed by atoms with E-state index < -0.39 is 18.3 Å². The Hall–Kier alpha value is -2.82. The van der Waals surface area contributed by atoms with Gasteiger partial charge in [-0.05, 0) is 67.6 Å². The summed E-state index contributed by atoms with van der Waals surface area (Å²) in [4.78, 5) is 0. The third kappa shape index (κ3) is 4.19. The molecular weight excluding hydrogens is 383 g/mol. The van der Waals surface area contributed by atoms with Crippen molar-refractivity contribution in [2.24, 2.45) is 0 Å². The van der Waals surface area contributed by atoms with Crippen LogP contribution in [-0.4, -0.2) is 25.4 Å². The van der Waals surface area contributed by atoms with E-state index in [0.717, 1.165) is 33.5 Å². The molecule has 31 heavy (non-hydrogen) atoms. The van der Waals surface area contributed by atoms with Gasteiger partial charge in [-0.15, -0.1) is 0 Å². The largest absolute Gasteiger partial charge is 0.497 e. The van der Waals surface area contributed by atoms with Crippen molar-refractivity contribution in [3.63, 3.8) is 0 Å². The first-order valence-electron chi connectivity index (χ1n) is 10.7. The van der Waals surface area contributed by atoms with Crippen molar-refractivity contribution >= 4 is 18.2 Å². The Bertz CT molecular complexity index is 1040. The summed E-state index contributed by atoms with van der Waals surface area (Å²) in [6, 6.07) is 29.0. The van der Waals surface area contributed by atoms with Crippen LogP contribution >= 0.6 is 0 Å². The van der Waals surface area contributed by atoms with Crippen LogP contribution in [-0.2, 0) is 9.31 Å². The number of benzene rings is 3. The van der Waals surface area contributed by atoms with Crippen LogP contribution in [0, 0.1) is 0 Å². The number of hydrogen-bond donors (Lipinski definition) is 0. The van der Waals surface area contributed by atoms with Crippen molar-refractivity contribution in [3.05, 3.63) is 102 Å². The lowest BCUT2D eigenvalue weighted by Gasteiger charge is -2.32. The lowest BCUT2D eigenvalue weighted by Crippen LogP contribution is -2.41. The van der Waals surface area contributed by atoms with Gasteiger partial charge in [-0.25, -0.2) is 0 Å². The Balaban J connectivity index is 1.99. The summed E-state index contributed by atoms with van der Waals surface area (Å²) >= 11 is 0. The summed E-state index contributed by atoms with van der Waals surface area (Å²) in [5.74, 6) is 0.827. The van der Waals surface area contributed by atoms with Gasteiger partial charge in [-0.1, -0.05) is 72.8 Å². The molecule has 0 unspecified atom stereocenters. The minimum Gasteiger partial charge on any atom is -0.497 e. The van der Waals surface area contributed by atoms with Crippen LogP contribution in [0.4, 0.5) is 0 Å². The molecule has 1 saturated heterocycles. The molecule has 4 rings (SSSR count). The molecule has 1 fully saturated rings. The SMILES string of the molecule is COc1ccc(/C(=C(/B2OC(C)(C)C(C)(C)O2)c2ccccc2)c2ccccc2)cc1. The van der Waals surface area contributed by atoms with E-state index in [1.165, 1.54) is 0 Å². The van der Waals surface area contributed by atoms with Crippen molar-refractivity contribution in [2.75, 3.05) is 7.11 Å². The predicted molar refractivity (Wildman–Crippen MR) is 128 cm³/mol. The third-order valence-electron chi connectivity index (χ3n) is 6.28. The fourth-order valence-electron chi connectivity index (χ4n) is 3.82. The van der Waals surface area contributed by atoms with E-state index in [9.17, 15) is 0 Å². The van der Waals surface area contributed by atoms with Crippen LogP contribution in [0.2, 0.25) is 0 Å². The van der Waals surface area contributed by atoms with E-state index in [2.05, 4.69) is 88.4 Å². The van der Waals surface area contributed by atoms with E-state index in [4.69, 9.17) is 14.0 Å². The molecular formula is C27H29BO3. The Kier molecular flexibility index (Phi) is 5.78. The number of rotatable bonds is 5. The predicted octanol–water partition coefficient (Wildman–Crippen LogP) is 6.29. The van der Waals surface area contributed by atoms with Gasteiger partial charge in [0.05, 0.1) is 18.3 Å². The topological polar surface area (TPSA) is 27.7 Å². The van der Waals surface area contributed by atoms with Crippen LogP contribution in [0.15, 0.2) is 84.9 Å². The van der Waals surface area contributed by atoms with Crippen molar-refractivity contribution in [1.29, 1.82) is 0 Å². The second-order valence-corrected chi connectivity index (χ2v) is 8.84. The summed E-state index contributed by atoms with van der Waals surface area (Å²) in [5, 5.41) is 0. The van der Waals surface area contributed by atoms with Crippen molar-refractivity contribution < 1.29 is 14.0 Å². The molecule has 0 aromatic heterocycles. The fourth-order valence-corrected chi connectivity index (χ4v) is 3.82. The maximum Gasteiger partial charge on any atom is 0.496 e. The van der Waals surface area contributed by atoms with Gasteiger partial charge >= 0.3 is 7.12 Å². The molecule has 3 aromatic carbocycles. The highest BCUT2D eigenvalue weighted by molar-refractivity contribution is 6.71. The van der Waals surface area contributed by atoms with Crippen LogP contribution in [0.1, 0.15) is 44.4 Å². The molecule has 1 aliphatic rings. The molecule has 0 saturated carbocycles. The highest BCUT2D eigenvalue weighted by Crippen LogP contribution is 2.44. The molecule has 0 N–H and O–H groups in total. The third-order valence-corrected chi connectivity index (χ3v) is 6.28. The molecule has 4 heteroatoms. The Morgan fingerprint density at radius 2 is 1.10 bits per heavy atom. The molecule has 0 spiro atoms. The highest BCUT2D eigenvalue weighted by Gasteiger charge is 2.53. The lowest BCUT2D eigenvalue weighted by atomic mass is 9.69. The highest BCUT2D eigenvalue weighted by atomic mass is 16.7. The summed E-state index contributed by atoms with van der Waals surface area (Å²) in [5.41, 5.74) is 4.53. The molecule has 1 heterocycles. The molecule has 0 aliphatic carbocycles. The standard InChI is InChI=1S/C27H29BO3/c1-26(2)27(3,4)31-28(30-26)25(22-14-10-7-11-15-22)24(20-12-8-6-9-13-20)21-16-18-23(29-5)19-17-21/h6-19H,1-5H3/b25-24+. The van der Waals surface area contributed by atoms with Gasteiger partial charge < -0.3 is 14.0 Å². The summed E-state index contributed by atoms with van der Waals surface area (Å²) in [6.45, 7) is 8.35. The average molecular weight is 412 g/mol. The first-order valence-corrected chi connectivity index (χ1v) is 10.7. The molecule has 3 aromatic rings. The lowest BCUT2D eigenvalue weighted by molar-refractivity contribution is 0.00578. The van der Waals surface area contributed by atoms with Gasteiger partial charge in [0.25, 0.3) is 0 Å². The molecule has 0 amide bonds. The zero-order valence-electron chi connectivity index (χ0n) is 18.9. The second-order valence-electron chi connectivity index (χ2n) is 8.84. The molecule has 0 bridgehead atoms. The Labute approximate surface area is 185 Å². The number of methoxy groups -OCH3 is 1. The maximum absolute atomic E-state index is 6.54.